The van der Waals surface area contributed by atoms with Crippen molar-refractivity contribution < 1.29 is 14.0 Å². The first-order valence-corrected chi connectivity index (χ1v) is 17.1. The van der Waals surface area contributed by atoms with Crippen molar-refractivity contribution in [1.82, 2.24) is 0 Å². The van der Waals surface area contributed by atoms with Gasteiger partial charge in [-0.1, -0.05) is 146 Å². The Kier molecular flexibility index (Phi) is 6.09. The predicted octanol–water partition coefficient (Wildman–Crippen LogP) is 10.2. The Labute approximate surface area is 267 Å². The highest BCUT2D eigenvalue weighted by atomic mass is 31.2. The quantitative estimate of drug-likeness (QED) is 0.186. The van der Waals surface area contributed by atoms with Crippen molar-refractivity contribution in [3.05, 3.63) is 164 Å². The molecule has 2 heterocycles. The van der Waals surface area contributed by atoms with Crippen LogP contribution in [0.4, 0.5) is 0 Å². The van der Waals surface area contributed by atoms with Gasteiger partial charge in [-0.05, 0) is 40.5 Å². The van der Waals surface area contributed by atoms with Gasteiger partial charge in [-0.25, -0.2) is 0 Å². The van der Waals surface area contributed by atoms with Gasteiger partial charge < -0.3 is 14.0 Å². The lowest BCUT2D eigenvalue weighted by Gasteiger charge is -2.38. The Hall–Kier alpha value is -5.63. The molecule has 0 radical (unpaired) electrons. The first-order valence-electron chi connectivity index (χ1n) is 15.4. The largest absolute Gasteiger partial charge is 0.454 e. The van der Waals surface area contributed by atoms with E-state index in [-0.39, 0.29) is 0 Å². The summed E-state index contributed by atoms with van der Waals surface area (Å²) in [5.74, 6) is 2.41. The van der Waals surface area contributed by atoms with E-state index in [1.54, 1.807) is 0 Å². The third kappa shape index (κ3) is 3.96. The molecule has 0 bridgehead atoms. The minimum atomic E-state index is -3.55. The van der Waals surface area contributed by atoms with Crippen molar-refractivity contribution in [2.45, 2.75) is 0 Å². The van der Waals surface area contributed by atoms with Gasteiger partial charge in [0.15, 0.2) is 18.6 Å². The Morgan fingerprint density at radius 2 is 0.696 bits per heavy atom. The molecule has 2 aliphatic rings. The van der Waals surface area contributed by atoms with Gasteiger partial charge in [0.25, 0.3) is 0 Å². The summed E-state index contributed by atoms with van der Waals surface area (Å²) < 4.78 is 30.6. The van der Waals surface area contributed by atoms with Crippen LogP contribution in [0.5, 0.6) is 23.0 Å². The molecule has 3 nitrogen and oxygen atoms in total. The highest BCUT2D eigenvalue weighted by molar-refractivity contribution is 7.86. The van der Waals surface area contributed by atoms with E-state index < -0.39 is 7.14 Å². The molecule has 0 saturated carbocycles. The zero-order chi connectivity index (χ0) is 30.7. The molecule has 0 spiro atoms. The maximum atomic E-state index is 16.5. The second kappa shape index (κ2) is 10.5. The van der Waals surface area contributed by atoms with Crippen LogP contribution in [0.15, 0.2) is 164 Å². The van der Waals surface area contributed by atoms with Gasteiger partial charge in [0.1, 0.15) is 16.8 Å². The topological polar surface area (TPSA) is 35.5 Å². The Morgan fingerprint density at radius 1 is 0.348 bits per heavy atom. The van der Waals surface area contributed by atoms with Gasteiger partial charge in [-0.15, -0.1) is 0 Å². The van der Waals surface area contributed by atoms with E-state index in [1.807, 2.05) is 97.1 Å². The maximum Gasteiger partial charge on any atom is 0.185 e. The van der Waals surface area contributed by atoms with Crippen LogP contribution in [0.2, 0.25) is 0 Å². The van der Waals surface area contributed by atoms with E-state index in [1.165, 1.54) is 0 Å². The van der Waals surface area contributed by atoms with Gasteiger partial charge in [0.05, 0.1) is 10.6 Å². The van der Waals surface area contributed by atoms with Crippen LogP contribution in [0.3, 0.4) is 0 Å². The first-order chi connectivity index (χ1) is 22.7. The molecule has 0 fully saturated rings. The normalized spacial score (nSPS) is 13.4. The lowest BCUT2D eigenvalue weighted by molar-refractivity contribution is 0.465. The maximum absolute atomic E-state index is 16.5. The fourth-order valence-corrected chi connectivity index (χ4v) is 9.96. The molecule has 0 aliphatic carbocycles. The fraction of sp³-hybridized carbons (Fsp3) is 0. The van der Waals surface area contributed by atoms with Crippen LogP contribution in [0.25, 0.3) is 44.5 Å². The minimum absolute atomic E-state index is 0.579. The van der Waals surface area contributed by atoms with E-state index in [2.05, 4.69) is 66.7 Å². The predicted molar refractivity (Wildman–Crippen MR) is 188 cm³/mol. The molecular formula is C42H27O3P. The molecule has 7 aromatic rings. The van der Waals surface area contributed by atoms with Crippen LogP contribution in [0, 0.1) is 0 Å². The van der Waals surface area contributed by atoms with Gasteiger partial charge in [0.2, 0.25) is 0 Å². The van der Waals surface area contributed by atoms with Crippen molar-refractivity contribution in [3.8, 4) is 67.5 Å². The first kappa shape index (κ1) is 26.7. The van der Waals surface area contributed by atoms with E-state index in [0.717, 1.165) is 44.5 Å². The van der Waals surface area contributed by atoms with Crippen molar-refractivity contribution in [1.29, 1.82) is 0 Å². The van der Waals surface area contributed by atoms with Gasteiger partial charge in [0, 0.05) is 22.3 Å². The second-order valence-corrected chi connectivity index (χ2v) is 14.2. The Balaban J connectivity index is 1.44. The van der Waals surface area contributed by atoms with Gasteiger partial charge in [-0.3, -0.25) is 0 Å². The third-order valence-electron chi connectivity index (χ3n) is 8.94. The summed E-state index contributed by atoms with van der Waals surface area (Å²) in [7, 11) is -3.55. The van der Waals surface area contributed by atoms with Crippen LogP contribution in [-0.4, -0.2) is 0 Å². The molecule has 7 aromatic carbocycles. The Bertz CT molecular complexity index is 2160. The van der Waals surface area contributed by atoms with Gasteiger partial charge in [-0.2, -0.15) is 0 Å². The number of fused-ring (bicyclic) bond motifs is 4. The average Bonchev–Trinajstić information content (AvgIpc) is 3.13. The fourth-order valence-electron chi connectivity index (χ4n) is 6.82. The molecule has 2 aliphatic heterocycles. The van der Waals surface area contributed by atoms with Crippen molar-refractivity contribution in [2.24, 2.45) is 0 Å². The molecule has 218 valence electrons. The summed E-state index contributed by atoms with van der Waals surface area (Å²) in [5.41, 5.74) is 7.52. The molecule has 0 N–H and O–H groups in total. The summed E-state index contributed by atoms with van der Waals surface area (Å²) in [6.07, 6.45) is 0. The summed E-state index contributed by atoms with van der Waals surface area (Å²) in [4.78, 5) is 0. The lowest BCUT2D eigenvalue weighted by Crippen LogP contribution is -2.36. The van der Waals surface area contributed by atoms with Crippen LogP contribution in [0.1, 0.15) is 0 Å². The van der Waals surface area contributed by atoms with Crippen molar-refractivity contribution in [2.75, 3.05) is 0 Å². The summed E-state index contributed by atoms with van der Waals surface area (Å²) in [5, 5.41) is 1.98. The number of rotatable bonds is 4. The molecule has 0 unspecified atom stereocenters. The molecule has 0 aromatic heterocycles. The third-order valence-corrected chi connectivity index (χ3v) is 12.0. The molecular weight excluding hydrogens is 583 g/mol. The summed E-state index contributed by atoms with van der Waals surface area (Å²) in [6.45, 7) is 0. The number of benzene rings is 7. The molecule has 4 heteroatoms. The lowest BCUT2D eigenvalue weighted by atomic mass is 9.96. The van der Waals surface area contributed by atoms with Crippen LogP contribution in [-0.2, 0) is 4.57 Å². The van der Waals surface area contributed by atoms with Crippen molar-refractivity contribution >= 4 is 23.1 Å². The van der Waals surface area contributed by atoms with Gasteiger partial charge >= 0.3 is 0 Å². The van der Waals surface area contributed by atoms with Crippen LogP contribution < -0.4 is 25.4 Å². The van der Waals surface area contributed by atoms with E-state index in [4.69, 9.17) is 9.47 Å². The summed E-state index contributed by atoms with van der Waals surface area (Å²) in [6, 6.07) is 54.9. The zero-order valence-corrected chi connectivity index (χ0v) is 25.7. The molecule has 0 atom stereocenters. The smallest absolute Gasteiger partial charge is 0.185 e. The average molecular weight is 611 g/mol. The van der Waals surface area contributed by atoms with E-state index >= 15 is 4.57 Å². The van der Waals surface area contributed by atoms with Crippen molar-refractivity contribution in [3.63, 3.8) is 0 Å². The monoisotopic (exact) mass is 610 g/mol. The number of para-hydroxylation sites is 2. The van der Waals surface area contributed by atoms with E-state index in [9.17, 15) is 0 Å². The molecule has 0 saturated heterocycles. The highest BCUT2D eigenvalue weighted by Gasteiger charge is 2.49. The summed E-state index contributed by atoms with van der Waals surface area (Å²) >= 11 is 0. The molecule has 0 amide bonds. The van der Waals surface area contributed by atoms with E-state index in [0.29, 0.717) is 38.9 Å². The number of hydrogen-bond acceptors (Lipinski definition) is 3. The minimum Gasteiger partial charge on any atom is -0.454 e. The SMILES string of the molecule is O=P12c3cccc(-c4ccccc4)c3Oc3c(-c4ccccc4)cc(-c4ccccc4)c(c31)Oc1c(-c3ccccc3)cccc12. The molecule has 46 heavy (non-hydrogen) atoms. The zero-order valence-electron chi connectivity index (χ0n) is 24.8. The second-order valence-electron chi connectivity index (χ2n) is 11.6. The van der Waals surface area contributed by atoms with Crippen LogP contribution >= 0.6 is 7.14 Å². The molecule has 9 rings (SSSR count). The standard InChI is InChI=1S/C42H27O3P/c43-46-36-25-13-23-32(28-15-5-1-6-16-28)38(36)44-40-34(30-19-9-3-10-20-30)27-35(31-21-11-4-12-22-31)41(42(40)46)45-39-33(24-14-26-37(39)46)29-17-7-2-8-18-29/h1-27H. The Morgan fingerprint density at radius 3 is 1.07 bits per heavy atom. The highest BCUT2D eigenvalue weighted by Crippen LogP contribution is 2.63. The number of hydrogen-bond donors (Lipinski definition) is 0. The number of ether oxygens (including phenoxy) is 2.